The zero-order valence-corrected chi connectivity index (χ0v) is 9.26. The van der Waals surface area contributed by atoms with Crippen molar-refractivity contribution in [2.75, 3.05) is 13.1 Å². The summed E-state index contributed by atoms with van der Waals surface area (Å²) in [6.07, 6.45) is 2.96. The minimum Gasteiger partial charge on any atom is -0.327 e. The molecule has 2 N–H and O–H groups in total. The second kappa shape index (κ2) is 4.73. The van der Waals surface area contributed by atoms with E-state index in [1.54, 1.807) is 0 Å². The quantitative estimate of drug-likeness (QED) is 0.790. The third-order valence-corrected chi connectivity index (χ3v) is 3.17. The van der Waals surface area contributed by atoms with Crippen molar-refractivity contribution in [2.24, 2.45) is 11.7 Å². The van der Waals surface area contributed by atoms with Gasteiger partial charge in [0.2, 0.25) is 0 Å². The van der Waals surface area contributed by atoms with Crippen molar-refractivity contribution < 1.29 is 0 Å². The molecule has 2 rings (SSSR count). The van der Waals surface area contributed by atoms with Crippen LogP contribution in [0.25, 0.3) is 0 Å². The maximum atomic E-state index is 5.99. The van der Waals surface area contributed by atoms with E-state index in [1.165, 1.54) is 0 Å². The number of aromatic nitrogens is 1. The summed E-state index contributed by atoms with van der Waals surface area (Å²) in [5.74, 6) is 0.600. The first kappa shape index (κ1) is 10.6. The molecule has 1 aliphatic heterocycles. The molecule has 0 bridgehead atoms. The molecular weight excluding hydrogens is 186 g/mol. The Labute approximate surface area is 91.3 Å². The number of rotatable bonds is 2. The fraction of sp³-hybridized carbons (Fsp3) is 0.583. The number of likely N-dealkylation sites (tertiary alicyclic amines) is 1. The van der Waals surface area contributed by atoms with E-state index in [-0.39, 0.29) is 0 Å². The molecule has 1 aliphatic rings. The van der Waals surface area contributed by atoms with Crippen molar-refractivity contribution in [3.8, 4) is 0 Å². The van der Waals surface area contributed by atoms with E-state index >= 15 is 0 Å². The lowest BCUT2D eigenvalue weighted by atomic mass is 9.95. The monoisotopic (exact) mass is 205 g/mol. The van der Waals surface area contributed by atoms with E-state index in [0.29, 0.717) is 12.0 Å². The van der Waals surface area contributed by atoms with Gasteiger partial charge < -0.3 is 5.73 Å². The summed E-state index contributed by atoms with van der Waals surface area (Å²) < 4.78 is 0. The van der Waals surface area contributed by atoms with Crippen LogP contribution in [0.2, 0.25) is 0 Å². The lowest BCUT2D eigenvalue weighted by Gasteiger charge is -2.34. The Kier molecular flexibility index (Phi) is 3.34. The van der Waals surface area contributed by atoms with Gasteiger partial charge in [-0.1, -0.05) is 13.0 Å². The zero-order valence-electron chi connectivity index (χ0n) is 9.26. The molecule has 3 heteroatoms. The molecule has 0 amide bonds. The van der Waals surface area contributed by atoms with Crippen molar-refractivity contribution in [1.29, 1.82) is 0 Å². The fourth-order valence-corrected chi connectivity index (χ4v) is 2.11. The molecule has 0 radical (unpaired) electrons. The summed E-state index contributed by atoms with van der Waals surface area (Å²) in [5, 5.41) is 0. The molecule has 82 valence electrons. The molecule has 1 saturated heterocycles. The highest BCUT2D eigenvalue weighted by Crippen LogP contribution is 2.16. The molecule has 1 aromatic rings. The van der Waals surface area contributed by atoms with Gasteiger partial charge in [0.1, 0.15) is 0 Å². The molecule has 0 aromatic carbocycles. The van der Waals surface area contributed by atoms with Gasteiger partial charge in [-0.2, -0.15) is 0 Å². The van der Waals surface area contributed by atoms with Crippen LogP contribution in [-0.4, -0.2) is 29.0 Å². The van der Waals surface area contributed by atoms with Crippen molar-refractivity contribution in [3.05, 3.63) is 30.1 Å². The van der Waals surface area contributed by atoms with E-state index in [2.05, 4.69) is 22.9 Å². The lowest BCUT2D eigenvalue weighted by molar-refractivity contribution is 0.156. The standard InChI is InChI=1S/C12H19N3/c1-10-8-15(7-5-12(10)13)9-11-4-2-3-6-14-11/h2-4,6,10,12H,5,7-9,13H2,1H3/t10-,12+/m0/s1. The summed E-state index contributed by atoms with van der Waals surface area (Å²) in [7, 11) is 0. The van der Waals surface area contributed by atoms with Crippen molar-refractivity contribution >= 4 is 0 Å². The third kappa shape index (κ3) is 2.76. The summed E-state index contributed by atoms with van der Waals surface area (Å²) in [4.78, 5) is 6.78. The van der Waals surface area contributed by atoms with Gasteiger partial charge in [0.05, 0.1) is 5.69 Å². The Bertz CT molecular complexity index is 299. The molecule has 0 aliphatic carbocycles. The second-order valence-corrected chi connectivity index (χ2v) is 4.49. The van der Waals surface area contributed by atoms with Crippen molar-refractivity contribution in [1.82, 2.24) is 9.88 Å². The molecule has 0 spiro atoms. The van der Waals surface area contributed by atoms with Gasteiger partial charge in [0, 0.05) is 31.9 Å². The maximum absolute atomic E-state index is 5.99. The predicted molar refractivity (Wildman–Crippen MR) is 61.3 cm³/mol. The maximum Gasteiger partial charge on any atom is 0.0543 e. The van der Waals surface area contributed by atoms with Crippen LogP contribution in [0.5, 0.6) is 0 Å². The highest BCUT2D eigenvalue weighted by molar-refractivity contribution is 5.03. The summed E-state index contributed by atoms with van der Waals surface area (Å²) in [6.45, 7) is 5.38. The van der Waals surface area contributed by atoms with Crippen LogP contribution in [0.4, 0.5) is 0 Å². The number of nitrogens with two attached hydrogens (primary N) is 1. The molecule has 1 aromatic heterocycles. The molecule has 0 unspecified atom stereocenters. The smallest absolute Gasteiger partial charge is 0.0543 e. The summed E-state index contributed by atoms with van der Waals surface area (Å²) in [6, 6.07) is 6.46. The fourth-order valence-electron chi connectivity index (χ4n) is 2.11. The average molecular weight is 205 g/mol. The normalized spacial score (nSPS) is 27.9. The molecule has 2 heterocycles. The topological polar surface area (TPSA) is 42.2 Å². The Morgan fingerprint density at radius 3 is 3.07 bits per heavy atom. The first-order chi connectivity index (χ1) is 7.25. The zero-order chi connectivity index (χ0) is 10.7. The Morgan fingerprint density at radius 2 is 2.40 bits per heavy atom. The third-order valence-electron chi connectivity index (χ3n) is 3.17. The summed E-state index contributed by atoms with van der Waals surface area (Å²) >= 11 is 0. The van der Waals surface area contributed by atoms with Crippen LogP contribution in [-0.2, 0) is 6.54 Å². The number of hydrogen-bond acceptors (Lipinski definition) is 3. The van der Waals surface area contributed by atoms with Crippen LogP contribution >= 0.6 is 0 Å². The van der Waals surface area contributed by atoms with E-state index in [1.807, 2.05) is 18.3 Å². The largest absolute Gasteiger partial charge is 0.327 e. The van der Waals surface area contributed by atoms with E-state index in [0.717, 1.165) is 31.7 Å². The lowest BCUT2D eigenvalue weighted by Crippen LogP contribution is -2.45. The molecule has 2 atom stereocenters. The predicted octanol–water partition coefficient (Wildman–Crippen LogP) is 1.25. The van der Waals surface area contributed by atoms with Crippen molar-refractivity contribution in [3.63, 3.8) is 0 Å². The minimum absolute atomic E-state index is 0.380. The first-order valence-electron chi connectivity index (χ1n) is 5.63. The second-order valence-electron chi connectivity index (χ2n) is 4.49. The van der Waals surface area contributed by atoms with E-state index in [4.69, 9.17) is 5.73 Å². The van der Waals surface area contributed by atoms with Gasteiger partial charge >= 0.3 is 0 Å². The highest BCUT2D eigenvalue weighted by Gasteiger charge is 2.22. The van der Waals surface area contributed by atoms with Gasteiger partial charge in [0.25, 0.3) is 0 Å². The van der Waals surface area contributed by atoms with E-state index < -0.39 is 0 Å². The number of pyridine rings is 1. The van der Waals surface area contributed by atoms with Gasteiger partial charge in [0.15, 0.2) is 0 Å². The molecular formula is C12H19N3. The van der Waals surface area contributed by atoms with Crippen molar-refractivity contribution in [2.45, 2.75) is 25.9 Å². The van der Waals surface area contributed by atoms with Gasteiger partial charge in [-0.3, -0.25) is 9.88 Å². The summed E-state index contributed by atoms with van der Waals surface area (Å²) in [5.41, 5.74) is 7.14. The molecule has 1 fully saturated rings. The number of piperidine rings is 1. The van der Waals surface area contributed by atoms with Gasteiger partial charge in [-0.25, -0.2) is 0 Å². The molecule has 15 heavy (non-hydrogen) atoms. The molecule has 3 nitrogen and oxygen atoms in total. The Hall–Kier alpha value is -0.930. The average Bonchev–Trinajstić information content (AvgIpc) is 2.25. The van der Waals surface area contributed by atoms with Crippen LogP contribution in [0.15, 0.2) is 24.4 Å². The van der Waals surface area contributed by atoms with Gasteiger partial charge in [-0.05, 0) is 24.5 Å². The Balaban J connectivity index is 1.91. The highest BCUT2D eigenvalue weighted by atomic mass is 15.1. The Morgan fingerprint density at radius 1 is 1.53 bits per heavy atom. The van der Waals surface area contributed by atoms with Crippen LogP contribution in [0, 0.1) is 5.92 Å². The van der Waals surface area contributed by atoms with E-state index in [9.17, 15) is 0 Å². The number of nitrogens with zero attached hydrogens (tertiary/aromatic N) is 2. The van der Waals surface area contributed by atoms with Crippen LogP contribution in [0.1, 0.15) is 19.0 Å². The molecule has 0 saturated carbocycles. The van der Waals surface area contributed by atoms with Gasteiger partial charge in [-0.15, -0.1) is 0 Å². The number of hydrogen-bond donors (Lipinski definition) is 1. The SMILES string of the molecule is C[C@H]1CN(Cc2ccccn2)CC[C@H]1N. The van der Waals surface area contributed by atoms with Crippen LogP contribution in [0.3, 0.4) is 0 Å². The minimum atomic E-state index is 0.380. The van der Waals surface area contributed by atoms with Crippen LogP contribution < -0.4 is 5.73 Å². The first-order valence-corrected chi connectivity index (χ1v) is 5.63.